The topological polar surface area (TPSA) is 87.1 Å². The molecule has 0 aliphatic heterocycles. The van der Waals surface area contributed by atoms with Crippen molar-refractivity contribution < 1.29 is 24.5 Å². The van der Waals surface area contributed by atoms with E-state index in [1.165, 1.54) is 18.4 Å². The third-order valence-corrected chi connectivity index (χ3v) is 5.68. The summed E-state index contributed by atoms with van der Waals surface area (Å²) in [6.45, 7) is 0. The third kappa shape index (κ3) is 3.69. The van der Waals surface area contributed by atoms with Gasteiger partial charge in [-0.1, -0.05) is 32.1 Å². The molecule has 0 aromatic rings. The van der Waals surface area contributed by atoms with E-state index in [0.29, 0.717) is 0 Å². The maximum atomic E-state index is 12.7. The molecule has 0 spiro atoms. The molecule has 0 aromatic heterocycles. The molecule has 1 unspecified atom stereocenters. The fourth-order valence-electron chi connectivity index (χ4n) is 3.87. The molecular formula is C17H29NO5. The third-order valence-electron chi connectivity index (χ3n) is 5.68. The lowest BCUT2D eigenvalue weighted by Gasteiger charge is -2.49. The van der Waals surface area contributed by atoms with Gasteiger partial charge in [-0.2, -0.15) is 0 Å². The highest BCUT2D eigenvalue weighted by atomic mass is 16.5. The highest BCUT2D eigenvalue weighted by Gasteiger charge is 2.56. The highest BCUT2D eigenvalue weighted by molar-refractivity contribution is 5.90. The van der Waals surface area contributed by atoms with E-state index < -0.39 is 23.5 Å². The van der Waals surface area contributed by atoms with E-state index in [0.717, 1.165) is 38.5 Å². The SMILES string of the molecule is COC1CC(C(=O)O)(N(C)C(=O)C(O)C2CCCCCCC2)C1. The highest BCUT2D eigenvalue weighted by Crippen LogP contribution is 2.40. The van der Waals surface area contributed by atoms with Gasteiger partial charge in [0.05, 0.1) is 6.10 Å². The monoisotopic (exact) mass is 327 g/mol. The first kappa shape index (κ1) is 18.2. The van der Waals surface area contributed by atoms with Gasteiger partial charge in [-0.25, -0.2) is 4.79 Å². The van der Waals surface area contributed by atoms with E-state index in [2.05, 4.69) is 0 Å². The van der Waals surface area contributed by atoms with Crippen molar-refractivity contribution in [2.24, 2.45) is 5.92 Å². The number of nitrogens with zero attached hydrogens (tertiary/aromatic N) is 1. The van der Waals surface area contributed by atoms with Gasteiger partial charge in [-0.05, 0) is 18.8 Å². The number of likely N-dealkylation sites (N-methyl/N-ethyl adjacent to an activating group) is 1. The molecule has 6 nitrogen and oxygen atoms in total. The molecule has 1 amide bonds. The Labute approximate surface area is 137 Å². The van der Waals surface area contributed by atoms with Gasteiger partial charge in [-0.3, -0.25) is 4.79 Å². The molecule has 2 aliphatic carbocycles. The molecule has 0 heterocycles. The zero-order valence-corrected chi connectivity index (χ0v) is 14.2. The fourth-order valence-corrected chi connectivity index (χ4v) is 3.87. The summed E-state index contributed by atoms with van der Waals surface area (Å²) in [7, 11) is 3.04. The van der Waals surface area contributed by atoms with E-state index in [1.54, 1.807) is 7.11 Å². The average Bonchev–Trinajstić information content (AvgIpc) is 2.44. The molecule has 1 atom stereocenters. The van der Waals surface area contributed by atoms with Gasteiger partial charge in [0.1, 0.15) is 11.6 Å². The van der Waals surface area contributed by atoms with Crippen LogP contribution >= 0.6 is 0 Å². The Hall–Kier alpha value is -1.14. The molecule has 2 saturated carbocycles. The second kappa shape index (κ2) is 7.62. The molecule has 0 saturated heterocycles. The van der Waals surface area contributed by atoms with Gasteiger partial charge >= 0.3 is 5.97 Å². The average molecular weight is 327 g/mol. The Morgan fingerprint density at radius 3 is 2.13 bits per heavy atom. The molecule has 2 rings (SSSR count). The number of carboxylic acid groups (broad SMARTS) is 1. The van der Waals surface area contributed by atoms with Crippen LogP contribution in [0, 0.1) is 5.92 Å². The minimum absolute atomic E-state index is 0.0607. The van der Waals surface area contributed by atoms with Crippen LogP contribution in [0.25, 0.3) is 0 Å². The number of rotatable bonds is 5. The smallest absolute Gasteiger partial charge is 0.329 e. The maximum absolute atomic E-state index is 12.7. The number of methoxy groups -OCH3 is 1. The summed E-state index contributed by atoms with van der Waals surface area (Å²) in [5, 5.41) is 20.1. The largest absolute Gasteiger partial charge is 0.479 e. The number of carbonyl (C=O) groups excluding carboxylic acids is 1. The van der Waals surface area contributed by atoms with Crippen LogP contribution in [0.4, 0.5) is 0 Å². The van der Waals surface area contributed by atoms with E-state index in [9.17, 15) is 19.8 Å². The van der Waals surface area contributed by atoms with Gasteiger partial charge in [0, 0.05) is 27.0 Å². The number of carbonyl (C=O) groups is 2. The predicted molar refractivity (Wildman–Crippen MR) is 85.0 cm³/mol. The summed E-state index contributed by atoms with van der Waals surface area (Å²) in [4.78, 5) is 25.6. The Morgan fingerprint density at radius 2 is 1.65 bits per heavy atom. The van der Waals surface area contributed by atoms with Crippen LogP contribution in [0.5, 0.6) is 0 Å². The fraction of sp³-hybridized carbons (Fsp3) is 0.882. The second-order valence-corrected chi connectivity index (χ2v) is 7.05. The molecule has 0 aromatic carbocycles. The number of carboxylic acids is 1. The first-order chi connectivity index (χ1) is 10.9. The molecule has 6 heteroatoms. The lowest BCUT2D eigenvalue weighted by atomic mass is 9.72. The Balaban J connectivity index is 2.03. The molecule has 23 heavy (non-hydrogen) atoms. The number of hydrogen-bond acceptors (Lipinski definition) is 4. The molecule has 0 radical (unpaired) electrons. The van der Waals surface area contributed by atoms with Crippen molar-refractivity contribution >= 4 is 11.9 Å². The molecule has 0 bridgehead atoms. The van der Waals surface area contributed by atoms with Crippen LogP contribution in [0.15, 0.2) is 0 Å². The molecule has 2 N–H and O–H groups in total. The summed E-state index contributed by atoms with van der Waals surface area (Å²) in [6, 6.07) is 0. The Kier molecular flexibility index (Phi) is 6.03. The quantitative estimate of drug-likeness (QED) is 0.804. The number of aliphatic hydroxyl groups excluding tert-OH is 1. The lowest BCUT2D eigenvalue weighted by Crippen LogP contribution is -2.66. The standard InChI is InChI=1S/C17H29NO5/c1-18(17(16(21)22)10-13(11-17)23-2)15(20)14(19)12-8-6-4-3-5-7-9-12/h12-14,19H,3-11H2,1-2H3,(H,21,22). The van der Waals surface area contributed by atoms with Gasteiger partial charge in [0.2, 0.25) is 0 Å². The van der Waals surface area contributed by atoms with E-state index in [1.807, 2.05) is 0 Å². The zero-order valence-electron chi connectivity index (χ0n) is 14.2. The van der Waals surface area contributed by atoms with Crippen LogP contribution in [-0.2, 0) is 14.3 Å². The van der Waals surface area contributed by atoms with Crippen LogP contribution in [-0.4, -0.2) is 58.9 Å². The van der Waals surface area contributed by atoms with Gasteiger partial charge in [-0.15, -0.1) is 0 Å². The summed E-state index contributed by atoms with van der Waals surface area (Å²) in [5.74, 6) is -1.55. The van der Waals surface area contributed by atoms with Crippen molar-refractivity contribution in [1.82, 2.24) is 4.90 Å². The summed E-state index contributed by atoms with van der Waals surface area (Å²) >= 11 is 0. The number of aliphatic carboxylic acids is 1. The van der Waals surface area contributed by atoms with Crippen LogP contribution in [0.2, 0.25) is 0 Å². The minimum Gasteiger partial charge on any atom is -0.479 e. The summed E-state index contributed by atoms with van der Waals surface area (Å²) in [5.41, 5.74) is -1.24. The van der Waals surface area contributed by atoms with Crippen molar-refractivity contribution in [3.8, 4) is 0 Å². The molecule has 2 aliphatic rings. The first-order valence-electron chi connectivity index (χ1n) is 8.64. The minimum atomic E-state index is -1.24. The van der Waals surface area contributed by atoms with Gasteiger partial charge < -0.3 is 19.8 Å². The molecule has 132 valence electrons. The number of amides is 1. The number of aliphatic hydroxyl groups is 1. The molecule has 2 fully saturated rings. The second-order valence-electron chi connectivity index (χ2n) is 7.05. The van der Waals surface area contributed by atoms with Crippen LogP contribution < -0.4 is 0 Å². The number of ether oxygens (including phenoxy) is 1. The van der Waals surface area contributed by atoms with Crippen molar-refractivity contribution in [1.29, 1.82) is 0 Å². The summed E-state index contributed by atoms with van der Waals surface area (Å²) in [6.07, 6.45) is 6.53. The van der Waals surface area contributed by atoms with Gasteiger partial charge in [0.25, 0.3) is 5.91 Å². The lowest BCUT2D eigenvalue weighted by molar-refractivity contribution is -0.179. The van der Waals surface area contributed by atoms with E-state index in [4.69, 9.17) is 4.74 Å². The summed E-state index contributed by atoms with van der Waals surface area (Å²) < 4.78 is 5.16. The van der Waals surface area contributed by atoms with Crippen LogP contribution in [0.1, 0.15) is 57.8 Å². The number of hydrogen-bond donors (Lipinski definition) is 2. The van der Waals surface area contributed by atoms with Gasteiger partial charge in [0.15, 0.2) is 0 Å². The van der Waals surface area contributed by atoms with E-state index in [-0.39, 0.29) is 24.9 Å². The van der Waals surface area contributed by atoms with E-state index >= 15 is 0 Å². The Bertz CT molecular complexity index is 425. The molecular weight excluding hydrogens is 298 g/mol. The Morgan fingerprint density at radius 1 is 1.13 bits per heavy atom. The zero-order chi connectivity index (χ0) is 17.0. The van der Waals surface area contributed by atoms with Crippen molar-refractivity contribution in [3.63, 3.8) is 0 Å². The van der Waals surface area contributed by atoms with Crippen molar-refractivity contribution in [2.75, 3.05) is 14.2 Å². The van der Waals surface area contributed by atoms with Crippen LogP contribution in [0.3, 0.4) is 0 Å². The normalized spacial score (nSPS) is 30.7. The van der Waals surface area contributed by atoms with Crippen molar-refractivity contribution in [3.05, 3.63) is 0 Å². The maximum Gasteiger partial charge on any atom is 0.329 e. The first-order valence-corrected chi connectivity index (χ1v) is 8.64. The predicted octanol–water partition coefficient (Wildman–Crippen LogP) is 1.80. The van der Waals surface area contributed by atoms with Crippen molar-refractivity contribution in [2.45, 2.75) is 75.5 Å².